The van der Waals surface area contributed by atoms with Crippen LogP contribution in [0.4, 0.5) is 0 Å². The van der Waals surface area contributed by atoms with Crippen molar-refractivity contribution in [2.24, 2.45) is 0 Å². The lowest BCUT2D eigenvalue weighted by molar-refractivity contribution is -0.138. The van der Waals surface area contributed by atoms with Gasteiger partial charge in [0.05, 0.1) is 4.47 Å². The predicted octanol–water partition coefficient (Wildman–Crippen LogP) is 3.24. The molecule has 0 atom stereocenters. The van der Waals surface area contributed by atoms with Crippen LogP contribution in [-0.4, -0.2) is 29.1 Å². The second-order valence-corrected chi connectivity index (χ2v) is 6.48. The van der Waals surface area contributed by atoms with Gasteiger partial charge in [0.1, 0.15) is 5.75 Å². The summed E-state index contributed by atoms with van der Waals surface area (Å²) in [4.78, 5) is 22.4. The van der Waals surface area contributed by atoms with Gasteiger partial charge in [0.2, 0.25) is 0 Å². The molecule has 0 saturated heterocycles. The molecular weight excluding hydrogens is 362 g/mol. The van der Waals surface area contributed by atoms with E-state index >= 15 is 0 Å². The highest BCUT2D eigenvalue weighted by atomic mass is 79.9. The van der Waals surface area contributed by atoms with Gasteiger partial charge in [0, 0.05) is 17.0 Å². The van der Waals surface area contributed by atoms with E-state index in [0.29, 0.717) is 21.7 Å². The highest BCUT2D eigenvalue weighted by molar-refractivity contribution is 9.10. The maximum absolute atomic E-state index is 11.8. The van der Waals surface area contributed by atoms with E-state index in [9.17, 15) is 9.59 Å². The topological polar surface area (TPSA) is 75.6 Å². The molecule has 0 heterocycles. The minimum absolute atomic E-state index is 0.00311. The molecule has 1 rings (SSSR count). The van der Waals surface area contributed by atoms with E-state index in [0.717, 1.165) is 0 Å². The van der Waals surface area contributed by atoms with Crippen molar-refractivity contribution < 1.29 is 19.4 Å². The third-order valence-electron chi connectivity index (χ3n) is 2.69. The molecule has 0 unspecified atom stereocenters. The molecular formula is C14H17BrClNO4. The van der Waals surface area contributed by atoms with E-state index in [1.165, 1.54) is 0 Å². The van der Waals surface area contributed by atoms with Crippen molar-refractivity contribution in [2.75, 3.05) is 6.61 Å². The fourth-order valence-electron chi connectivity index (χ4n) is 1.63. The number of hydrogen-bond acceptors (Lipinski definition) is 3. The van der Waals surface area contributed by atoms with Crippen LogP contribution < -0.4 is 10.1 Å². The number of carboxylic acid groups (broad SMARTS) is 1. The lowest BCUT2D eigenvalue weighted by Gasteiger charge is -2.25. The maximum atomic E-state index is 11.8. The molecule has 116 valence electrons. The molecule has 21 heavy (non-hydrogen) atoms. The van der Waals surface area contributed by atoms with Crippen LogP contribution in [-0.2, 0) is 9.59 Å². The van der Waals surface area contributed by atoms with Crippen LogP contribution in [0.15, 0.2) is 22.7 Å². The number of carboxylic acids is 1. The van der Waals surface area contributed by atoms with Crippen molar-refractivity contribution in [3.8, 4) is 5.75 Å². The first kappa shape index (κ1) is 17.8. The Bertz CT molecular complexity index is 534. The minimum Gasteiger partial charge on any atom is -0.483 e. The predicted molar refractivity (Wildman–Crippen MR) is 83.7 cm³/mol. The van der Waals surface area contributed by atoms with Gasteiger partial charge < -0.3 is 15.2 Å². The Hall–Kier alpha value is -1.27. The summed E-state index contributed by atoms with van der Waals surface area (Å²) in [7, 11) is 0. The van der Waals surface area contributed by atoms with Gasteiger partial charge in [-0.1, -0.05) is 11.6 Å². The first-order valence-electron chi connectivity index (χ1n) is 6.30. The summed E-state index contributed by atoms with van der Waals surface area (Å²) in [6.07, 6.45) is 0.343. The Balaban J connectivity index is 2.48. The smallest absolute Gasteiger partial charge is 0.303 e. The van der Waals surface area contributed by atoms with Crippen LogP contribution in [0.25, 0.3) is 0 Å². The molecule has 0 saturated carbocycles. The van der Waals surface area contributed by atoms with Crippen LogP contribution in [0.3, 0.4) is 0 Å². The summed E-state index contributed by atoms with van der Waals surface area (Å²) in [5.74, 6) is -0.691. The average Bonchev–Trinajstić information content (AvgIpc) is 2.35. The van der Waals surface area contributed by atoms with Gasteiger partial charge >= 0.3 is 5.97 Å². The molecule has 7 heteroatoms. The zero-order chi connectivity index (χ0) is 16.0. The summed E-state index contributed by atoms with van der Waals surface area (Å²) in [6, 6.07) is 5.00. The summed E-state index contributed by atoms with van der Waals surface area (Å²) >= 11 is 9.11. The molecule has 5 nitrogen and oxygen atoms in total. The van der Waals surface area contributed by atoms with E-state index < -0.39 is 11.5 Å². The van der Waals surface area contributed by atoms with Gasteiger partial charge in [-0.3, -0.25) is 9.59 Å². The molecule has 1 aromatic rings. The van der Waals surface area contributed by atoms with E-state index in [4.69, 9.17) is 21.4 Å². The Morgan fingerprint density at radius 3 is 2.67 bits per heavy atom. The van der Waals surface area contributed by atoms with Crippen molar-refractivity contribution >= 4 is 39.4 Å². The number of nitrogens with one attached hydrogen (secondary N) is 1. The number of carbonyl (C=O) groups excluding carboxylic acids is 1. The molecule has 0 bridgehead atoms. The fraction of sp³-hybridized carbons (Fsp3) is 0.429. The van der Waals surface area contributed by atoms with Crippen LogP contribution in [0.2, 0.25) is 5.02 Å². The van der Waals surface area contributed by atoms with Gasteiger partial charge in [0.15, 0.2) is 6.61 Å². The Morgan fingerprint density at radius 2 is 2.10 bits per heavy atom. The molecule has 0 radical (unpaired) electrons. The molecule has 1 amide bonds. The zero-order valence-corrected chi connectivity index (χ0v) is 14.1. The zero-order valence-electron chi connectivity index (χ0n) is 11.8. The molecule has 0 aliphatic heterocycles. The molecule has 0 spiro atoms. The average molecular weight is 379 g/mol. The summed E-state index contributed by atoms with van der Waals surface area (Å²) < 4.78 is 6.05. The van der Waals surface area contributed by atoms with Gasteiger partial charge in [-0.05, 0) is 54.4 Å². The summed E-state index contributed by atoms with van der Waals surface area (Å²) in [5.41, 5.74) is -0.601. The number of halogens is 2. The van der Waals surface area contributed by atoms with E-state index in [-0.39, 0.29) is 18.9 Å². The molecule has 0 fully saturated rings. The van der Waals surface area contributed by atoms with Crippen LogP contribution in [0, 0.1) is 0 Å². The Labute approximate surface area is 136 Å². The van der Waals surface area contributed by atoms with E-state index in [1.54, 1.807) is 32.0 Å². The third-order valence-corrected chi connectivity index (χ3v) is 3.55. The lowest BCUT2D eigenvalue weighted by atomic mass is 9.98. The number of carbonyl (C=O) groups is 2. The fourth-order valence-corrected chi connectivity index (χ4v) is 2.43. The molecule has 0 aromatic heterocycles. The number of rotatable bonds is 7. The van der Waals surface area contributed by atoms with Crippen molar-refractivity contribution in [3.63, 3.8) is 0 Å². The second-order valence-electron chi connectivity index (χ2n) is 5.19. The van der Waals surface area contributed by atoms with Crippen LogP contribution >= 0.6 is 27.5 Å². The molecule has 0 aliphatic rings. The monoisotopic (exact) mass is 377 g/mol. The summed E-state index contributed by atoms with van der Waals surface area (Å²) in [5, 5.41) is 12.0. The van der Waals surface area contributed by atoms with E-state index in [2.05, 4.69) is 21.2 Å². The Morgan fingerprint density at radius 1 is 1.43 bits per heavy atom. The van der Waals surface area contributed by atoms with Crippen LogP contribution in [0.1, 0.15) is 26.7 Å². The van der Waals surface area contributed by atoms with Crippen molar-refractivity contribution in [1.29, 1.82) is 0 Å². The largest absolute Gasteiger partial charge is 0.483 e. The summed E-state index contributed by atoms with van der Waals surface area (Å²) in [6.45, 7) is 3.38. The number of benzene rings is 1. The first-order chi connectivity index (χ1) is 9.69. The third kappa shape index (κ3) is 6.82. The molecule has 0 aliphatic carbocycles. The van der Waals surface area contributed by atoms with Crippen molar-refractivity contribution in [1.82, 2.24) is 5.32 Å². The standard InChI is InChI=1S/C14H17BrClNO4/c1-14(2,6-5-13(19)20)17-12(18)8-21-11-4-3-9(16)7-10(11)15/h3-4,7H,5-6,8H2,1-2H3,(H,17,18)(H,19,20). The number of amides is 1. The highest BCUT2D eigenvalue weighted by Crippen LogP contribution is 2.27. The van der Waals surface area contributed by atoms with Crippen molar-refractivity contribution in [3.05, 3.63) is 27.7 Å². The molecule has 2 N–H and O–H groups in total. The number of ether oxygens (including phenoxy) is 1. The van der Waals surface area contributed by atoms with Gasteiger partial charge in [-0.2, -0.15) is 0 Å². The quantitative estimate of drug-likeness (QED) is 0.764. The van der Waals surface area contributed by atoms with Gasteiger partial charge in [-0.15, -0.1) is 0 Å². The molecule has 1 aromatic carbocycles. The lowest BCUT2D eigenvalue weighted by Crippen LogP contribution is -2.45. The van der Waals surface area contributed by atoms with Gasteiger partial charge in [-0.25, -0.2) is 0 Å². The van der Waals surface area contributed by atoms with E-state index in [1.807, 2.05) is 0 Å². The minimum atomic E-state index is -0.890. The number of hydrogen-bond donors (Lipinski definition) is 2. The SMILES string of the molecule is CC(C)(CCC(=O)O)NC(=O)COc1ccc(Cl)cc1Br. The number of aliphatic carboxylic acids is 1. The van der Waals surface area contributed by atoms with Crippen LogP contribution in [0.5, 0.6) is 5.75 Å². The normalized spacial score (nSPS) is 11.0. The highest BCUT2D eigenvalue weighted by Gasteiger charge is 2.21. The van der Waals surface area contributed by atoms with Gasteiger partial charge in [0.25, 0.3) is 5.91 Å². The maximum Gasteiger partial charge on any atom is 0.303 e. The second kappa shape index (κ2) is 7.66. The Kier molecular flexibility index (Phi) is 6.48. The van der Waals surface area contributed by atoms with Crippen molar-refractivity contribution in [2.45, 2.75) is 32.2 Å². The first-order valence-corrected chi connectivity index (χ1v) is 7.47.